The van der Waals surface area contributed by atoms with Crippen LogP contribution in [0.5, 0.6) is 5.75 Å². The normalized spacial score (nSPS) is 10.4. The van der Waals surface area contributed by atoms with Crippen LogP contribution in [-0.2, 0) is 0 Å². The fourth-order valence-electron chi connectivity index (χ4n) is 1.73. The lowest BCUT2D eigenvalue weighted by atomic mass is 10.2. The van der Waals surface area contributed by atoms with Crippen LogP contribution in [0.4, 0.5) is 5.69 Å². The molecule has 96 valence electrons. The molecule has 0 spiro atoms. The van der Waals surface area contributed by atoms with Gasteiger partial charge in [0.25, 0.3) is 0 Å². The van der Waals surface area contributed by atoms with E-state index in [-0.39, 0.29) is 0 Å². The topological polar surface area (TPSA) is 24.5 Å². The molecular weight excluding hydrogens is 280 g/mol. The van der Waals surface area contributed by atoms with Crippen molar-refractivity contribution in [3.05, 3.63) is 22.7 Å². The quantitative estimate of drug-likeness (QED) is 0.784. The summed E-state index contributed by atoms with van der Waals surface area (Å²) in [7, 11) is 5.80. The third-order valence-corrected chi connectivity index (χ3v) is 3.22. The number of nitrogens with one attached hydrogen (secondary N) is 1. The van der Waals surface area contributed by atoms with Gasteiger partial charge in [0.1, 0.15) is 5.75 Å². The van der Waals surface area contributed by atoms with E-state index < -0.39 is 0 Å². The molecule has 17 heavy (non-hydrogen) atoms. The number of anilines is 1. The van der Waals surface area contributed by atoms with E-state index in [2.05, 4.69) is 39.3 Å². The minimum Gasteiger partial charge on any atom is -0.495 e. The third kappa shape index (κ3) is 4.56. The number of halogens is 1. The van der Waals surface area contributed by atoms with Gasteiger partial charge in [0.2, 0.25) is 0 Å². The van der Waals surface area contributed by atoms with Crippen LogP contribution in [0.2, 0.25) is 0 Å². The molecule has 0 saturated heterocycles. The zero-order valence-electron chi connectivity index (χ0n) is 10.8. The van der Waals surface area contributed by atoms with Gasteiger partial charge in [0.15, 0.2) is 0 Å². The highest BCUT2D eigenvalue weighted by atomic mass is 79.9. The Kier molecular flexibility index (Phi) is 6.37. The van der Waals surface area contributed by atoms with Gasteiger partial charge < -0.3 is 15.0 Å². The van der Waals surface area contributed by atoms with Crippen LogP contribution in [0.1, 0.15) is 12.8 Å². The first-order chi connectivity index (χ1) is 8.19. The molecule has 0 bridgehead atoms. The van der Waals surface area contributed by atoms with Crippen molar-refractivity contribution in [3.63, 3.8) is 0 Å². The van der Waals surface area contributed by atoms with Crippen LogP contribution in [0.15, 0.2) is 22.7 Å². The van der Waals surface area contributed by atoms with Crippen molar-refractivity contribution in [2.24, 2.45) is 0 Å². The monoisotopic (exact) mass is 300 g/mol. The van der Waals surface area contributed by atoms with Gasteiger partial charge in [-0.15, -0.1) is 0 Å². The predicted molar refractivity (Wildman–Crippen MR) is 77.1 cm³/mol. The third-order valence-electron chi connectivity index (χ3n) is 2.72. The minimum atomic E-state index is 0.921. The summed E-state index contributed by atoms with van der Waals surface area (Å²) in [6, 6.07) is 6.08. The van der Waals surface area contributed by atoms with E-state index >= 15 is 0 Å². The molecule has 1 aromatic rings. The summed E-state index contributed by atoms with van der Waals surface area (Å²) < 4.78 is 6.45. The Morgan fingerprint density at radius 3 is 2.76 bits per heavy atom. The number of unbranched alkanes of at least 4 members (excludes halogenated alkanes) is 1. The van der Waals surface area contributed by atoms with Crippen molar-refractivity contribution in [1.29, 1.82) is 0 Å². The zero-order chi connectivity index (χ0) is 12.7. The highest BCUT2D eigenvalue weighted by Gasteiger charge is 2.08. The van der Waals surface area contributed by atoms with Gasteiger partial charge in [-0.2, -0.15) is 0 Å². The fraction of sp³-hybridized carbons (Fsp3) is 0.538. The summed E-state index contributed by atoms with van der Waals surface area (Å²) in [4.78, 5) is 2.24. The van der Waals surface area contributed by atoms with E-state index in [0.717, 1.165) is 29.0 Å². The molecule has 1 aromatic carbocycles. The average Bonchev–Trinajstić information content (AvgIpc) is 2.34. The van der Waals surface area contributed by atoms with E-state index in [0.29, 0.717) is 0 Å². The van der Waals surface area contributed by atoms with Gasteiger partial charge in [-0.25, -0.2) is 0 Å². The Balaban J connectivity index is 2.60. The molecule has 0 aliphatic carbocycles. The molecule has 0 saturated carbocycles. The van der Waals surface area contributed by atoms with Crippen molar-refractivity contribution in [2.45, 2.75) is 12.8 Å². The molecule has 0 radical (unpaired) electrons. The Bertz CT molecular complexity index is 344. The number of hydrogen-bond acceptors (Lipinski definition) is 3. The Morgan fingerprint density at radius 2 is 2.12 bits per heavy atom. The van der Waals surface area contributed by atoms with Crippen LogP contribution in [-0.4, -0.2) is 34.3 Å². The van der Waals surface area contributed by atoms with Crippen molar-refractivity contribution >= 4 is 21.6 Å². The fourth-order valence-corrected chi connectivity index (χ4v) is 2.08. The molecule has 3 nitrogen and oxygen atoms in total. The van der Waals surface area contributed by atoms with E-state index in [9.17, 15) is 0 Å². The van der Waals surface area contributed by atoms with Crippen molar-refractivity contribution in [1.82, 2.24) is 5.32 Å². The highest BCUT2D eigenvalue weighted by molar-refractivity contribution is 9.10. The first kappa shape index (κ1) is 14.3. The van der Waals surface area contributed by atoms with E-state index in [1.165, 1.54) is 12.8 Å². The van der Waals surface area contributed by atoms with Crippen LogP contribution in [0, 0.1) is 0 Å². The smallest absolute Gasteiger partial charge is 0.142 e. The molecule has 1 N–H and O–H groups in total. The molecular formula is C13H21BrN2O. The molecule has 0 fully saturated rings. The van der Waals surface area contributed by atoms with E-state index in [1.807, 2.05) is 19.2 Å². The predicted octanol–water partition coefficient (Wildman–Crippen LogP) is 2.89. The summed E-state index contributed by atoms with van der Waals surface area (Å²) in [6.07, 6.45) is 2.37. The lowest BCUT2D eigenvalue weighted by molar-refractivity contribution is 0.414. The number of hydrogen-bond donors (Lipinski definition) is 1. The summed E-state index contributed by atoms with van der Waals surface area (Å²) in [6.45, 7) is 2.11. The maximum absolute atomic E-state index is 5.37. The Labute approximate surface area is 112 Å². The summed E-state index contributed by atoms with van der Waals surface area (Å²) >= 11 is 3.49. The van der Waals surface area contributed by atoms with Crippen molar-refractivity contribution in [3.8, 4) is 5.75 Å². The molecule has 1 rings (SSSR count). The standard InChI is InChI=1S/C13H21BrN2O/c1-15-8-4-5-9-16(2)12-10-11(14)6-7-13(12)17-3/h6-7,10,15H,4-5,8-9H2,1-3H3. The highest BCUT2D eigenvalue weighted by Crippen LogP contribution is 2.30. The van der Waals surface area contributed by atoms with Gasteiger partial charge in [-0.3, -0.25) is 0 Å². The first-order valence-corrected chi connectivity index (χ1v) is 6.67. The maximum Gasteiger partial charge on any atom is 0.142 e. The zero-order valence-corrected chi connectivity index (χ0v) is 12.4. The number of rotatable bonds is 7. The number of nitrogens with zero attached hydrogens (tertiary/aromatic N) is 1. The van der Waals surface area contributed by atoms with E-state index in [4.69, 9.17) is 4.74 Å². The van der Waals surface area contributed by atoms with Crippen molar-refractivity contribution in [2.75, 3.05) is 39.2 Å². The SMILES string of the molecule is CNCCCCN(C)c1cc(Br)ccc1OC. The number of benzene rings is 1. The summed E-state index contributed by atoms with van der Waals surface area (Å²) in [5.74, 6) is 0.921. The van der Waals surface area contributed by atoms with E-state index in [1.54, 1.807) is 7.11 Å². The lowest BCUT2D eigenvalue weighted by Gasteiger charge is -2.22. The average molecular weight is 301 g/mol. The molecule has 0 atom stereocenters. The van der Waals surface area contributed by atoms with Crippen molar-refractivity contribution < 1.29 is 4.74 Å². The van der Waals surface area contributed by atoms with Crippen LogP contribution in [0.3, 0.4) is 0 Å². The lowest BCUT2D eigenvalue weighted by Crippen LogP contribution is -2.20. The molecule has 0 aliphatic heterocycles. The Hall–Kier alpha value is -0.740. The molecule has 0 aliphatic rings. The summed E-state index contributed by atoms with van der Waals surface area (Å²) in [5.41, 5.74) is 1.13. The van der Waals surface area contributed by atoms with Gasteiger partial charge in [0.05, 0.1) is 12.8 Å². The molecule has 0 aromatic heterocycles. The largest absolute Gasteiger partial charge is 0.495 e. The Morgan fingerprint density at radius 1 is 1.35 bits per heavy atom. The number of ether oxygens (including phenoxy) is 1. The van der Waals surface area contributed by atoms with Crippen LogP contribution < -0.4 is 15.0 Å². The van der Waals surface area contributed by atoms with Gasteiger partial charge >= 0.3 is 0 Å². The second kappa shape index (κ2) is 7.56. The molecule has 0 unspecified atom stereocenters. The molecule has 0 heterocycles. The second-order valence-electron chi connectivity index (χ2n) is 4.05. The van der Waals surface area contributed by atoms with Gasteiger partial charge in [-0.05, 0) is 44.6 Å². The van der Waals surface area contributed by atoms with Crippen LogP contribution >= 0.6 is 15.9 Å². The van der Waals surface area contributed by atoms with Gasteiger partial charge in [0, 0.05) is 18.1 Å². The van der Waals surface area contributed by atoms with Crippen LogP contribution in [0.25, 0.3) is 0 Å². The molecule has 4 heteroatoms. The van der Waals surface area contributed by atoms with Gasteiger partial charge in [-0.1, -0.05) is 15.9 Å². The second-order valence-corrected chi connectivity index (χ2v) is 4.96. The summed E-state index contributed by atoms with van der Waals surface area (Å²) in [5, 5.41) is 3.16. The minimum absolute atomic E-state index is 0.921. The maximum atomic E-state index is 5.37. The molecule has 0 amide bonds. The first-order valence-electron chi connectivity index (χ1n) is 5.88. The number of methoxy groups -OCH3 is 1.